The Labute approximate surface area is 278 Å². The van der Waals surface area contributed by atoms with Crippen LogP contribution in [0.25, 0.3) is 0 Å². The molecule has 0 aromatic heterocycles. The number of anilines is 1. The number of benzene rings is 4. The Bertz CT molecular complexity index is 1810. The topological polar surface area (TPSA) is 114 Å². The van der Waals surface area contributed by atoms with Gasteiger partial charge in [-0.1, -0.05) is 54.1 Å². The van der Waals surface area contributed by atoms with Crippen molar-refractivity contribution in [2.24, 2.45) is 0 Å². The number of carbonyl (C=O) groups is 2. The minimum absolute atomic E-state index is 0.00980. The fourth-order valence-electron chi connectivity index (χ4n) is 4.98. The highest BCUT2D eigenvalue weighted by Crippen LogP contribution is 2.37. The minimum atomic E-state index is -4.52. The second kappa shape index (κ2) is 15.7. The minimum Gasteiger partial charge on any atom is -0.495 e. The van der Waals surface area contributed by atoms with E-state index in [0.717, 1.165) is 9.87 Å². The monoisotopic (exact) mass is 683 g/mol. The van der Waals surface area contributed by atoms with Crippen LogP contribution in [0.3, 0.4) is 0 Å². The van der Waals surface area contributed by atoms with Crippen LogP contribution in [0.4, 0.5) is 10.1 Å². The maximum absolute atomic E-state index is 14.5. The molecule has 0 unspecified atom stereocenters. The van der Waals surface area contributed by atoms with Crippen molar-refractivity contribution in [1.82, 2.24) is 10.2 Å². The van der Waals surface area contributed by atoms with Crippen molar-refractivity contribution in [2.75, 3.05) is 39.2 Å². The Morgan fingerprint density at radius 2 is 1.47 bits per heavy atom. The molecule has 2 amide bonds. The van der Waals surface area contributed by atoms with Crippen LogP contribution in [-0.4, -0.2) is 66.1 Å². The molecule has 0 bridgehead atoms. The molecule has 47 heavy (non-hydrogen) atoms. The Morgan fingerprint density at radius 3 is 2.09 bits per heavy atom. The van der Waals surface area contributed by atoms with Crippen LogP contribution in [0, 0.1) is 5.82 Å². The number of carbonyl (C=O) groups excluding carboxylic acids is 2. The van der Waals surface area contributed by atoms with Crippen LogP contribution in [-0.2, 0) is 32.6 Å². The second-order valence-corrected chi connectivity index (χ2v) is 12.6. The average molecular weight is 684 g/mol. The highest BCUT2D eigenvalue weighted by molar-refractivity contribution is 7.92. The van der Waals surface area contributed by atoms with Crippen molar-refractivity contribution in [3.05, 3.63) is 113 Å². The summed E-state index contributed by atoms with van der Waals surface area (Å²) >= 11 is 6.33. The number of hydrogen-bond donors (Lipinski definition) is 1. The zero-order chi connectivity index (χ0) is 34.1. The molecule has 13 heteroatoms. The molecule has 0 saturated heterocycles. The van der Waals surface area contributed by atoms with Gasteiger partial charge >= 0.3 is 0 Å². The molecule has 4 aromatic carbocycles. The molecular weight excluding hydrogens is 649 g/mol. The summed E-state index contributed by atoms with van der Waals surface area (Å²) in [5.41, 5.74) is 1.28. The van der Waals surface area contributed by atoms with Crippen LogP contribution in [0.15, 0.2) is 95.9 Å². The van der Waals surface area contributed by atoms with Crippen LogP contribution in [0.2, 0.25) is 5.02 Å². The third-order valence-corrected chi connectivity index (χ3v) is 9.41. The van der Waals surface area contributed by atoms with Crippen LogP contribution in [0.5, 0.6) is 17.2 Å². The Balaban J connectivity index is 1.86. The summed E-state index contributed by atoms with van der Waals surface area (Å²) in [4.78, 5) is 29.0. The molecule has 1 N–H and O–H groups in total. The summed E-state index contributed by atoms with van der Waals surface area (Å²) in [6.45, 7) is -0.877. The van der Waals surface area contributed by atoms with Gasteiger partial charge in [0.2, 0.25) is 11.8 Å². The van der Waals surface area contributed by atoms with E-state index in [9.17, 15) is 22.4 Å². The van der Waals surface area contributed by atoms with E-state index in [1.54, 1.807) is 0 Å². The Kier molecular flexibility index (Phi) is 11.7. The van der Waals surface area contributed by atoms with Gasteiger partial charge in [0, 0.05) is 31.1 Å². The highest BCUT2D eigenvalue weighted by Gasteiger charge is 2.36. The van der Waals surface area contributed by atoms with E-state index in [1.807, 2.05) is 30.3 Å². The largest absolute Gasteiger partial charge is 0.495 e. The first-order valence-corrected chi connectivity index (χ1v) is 16.2. The summed E-state index contributed by atoms with van der Waals surface area (Å²) < 4.78 is 59.6. The first-order chi connectivity index (χ1) is 22.5. The molecule has 0 aliphatic rings. The van der Waals surface area contributed by atoms with Gasteiger partial charge in [-0.15, -0.1) is 0 Å². The van der Waals surface area contributed by atoms with E-state index in [0.29, 0.717) is 11.3 Å². The van der Waals surface area contributed by atoms with E-state index in [4.69, 9.17) is 25.8 Å². The summed E-state index contributed by atoms with van der Waals surface area (Å²) in [6.07, 6.45) is 0.121. The van der Waals surface area contributed by atoms with Crippen LogP contribution in [0.1, 0.15) is 11.1 Å². The van der Waals surface area contributed by atoms with Crippen molar-refractivity contribution < 1.29 is 36.6 Å². The zero-order valence-electron chi connectivity index (χ0n) is 26.3. The number of methoxy groups -OCH3 is 3. The van der Waals surface area contributed by atoms with Crippen molar-refractivity contribution in [3.8, 4) is 17.2 Å². The van der Waals surface area contributed by atoms with Crippen molar-refractivity contribution >= 4 is 39.1 Å². The van der Waals surface area contributed by atoms with Gasteiger partial charge in [0.05, 0.1) is 31.9 Å². The van der Waals surface area contributed by atoms with Gasteiger partial charge in [-0.05, 0) is 53.6 Å². The van der Waals surface area contributed by atoms with Crippen molar-refractivity contribution in [2.45, 2.75) is 23.9 Å². The summed E-state index contributed by atoms with van der Waals surface area (Å²) in [7, 11) is 1.08. The van der Waals surface area contributed by atoms with Gasteiger partial charge in [0.15, 0.2) is 11.5 Å². The second-order valence-electron chi connectivity index (χ2n) is 10.3. The lowest BCUT2D eigenvalue weighted by Gasteiger charge is -2.34. The predicted molar refractivity (Wildman–Crippen MR) is 177 cm³/mol. The van der Waals surface area contributed by atoms with Gasteiger partial charge in [-0.3, -0.25) is 13.9 Å². The number of nitrogens with one attached hydrogen (secondary N) is 1. The zero-order valence-corrected chi connectivity index (χ0v) is 27.8. The third kappa shape index (κ3) is 8.32. The number of ether oxygens (including phenoxy) is 3. The number of halogens is 2. The van der Waals surface area contributed by atoms with E-state index in [1.165, 1.54) is 93.9 Å². The summed E-state index contributed by atoms with van der Waals surface area (Å²) in [5.74, 6) is -1.08. The summed E-state index contributed by atoms with van der Waals surface area (Å²) in [5, 5.41) is 2.81. The van der Waals surface area contributed by atoms with E-state index < -0.39 is 40.2 Å². The standard InChI is InChI=1S/C34H35ClFN3O7S/c1-37-34(41)29(18-23-8-6-5-7-9-23)38(21-24-10-13-26(36)14-11-24)33(40)22-39(28-19-25(35)12-16-30(28)44-2)47(42,43)27-15-17-31(45-3)32(20-27)46-4/h5-17,19-20,29H,18,21-22H2,1-4H3,(H,37,41)/t29-/m1/s1. The molecule has 4 rings (SSSR count). The SMILES string of the molecule is CNC(=O)[C@@H](Cc1ccccc1)N(Cc1ccc(F)cc1)C(=O)CN(c1cc(Cl)ccc1OC)S(=O)(=O)c1ccc(OC)c(OC)c1. The third-order valence-electron chi connectivity index (χ3n) is 7.42. The number of nitrogens with zero attached hydrogens (tertiary/aromatic N) is 2. The molecule has 0 aliphatic carbocycles. The fourth-order valence-corrected chi connectivity index (χ4v) is 6.58. The van der Waals surface area contributed by atoms with Crippen molar-refractivity contribution in [3.63, 3.8) is 0 Å². The number of rotatable bonds is 14. The summed E-state index contributed by atoms with van der Waals surface area (Å²) in [6, 6.07) is 21.9. The quantitative estimate of drug-likeness (QED) is 0.197. The molecule has 0 spiro atoms. The maximum Gasteiger partial charge on any atom is 0.265 e. The van der Waals surface area contributed by atoms with E-state index >= 15 is 0 Å². The normalized spacial score (nSPS) is 11.7. The maximum atomic E-state index is 14.5. The number of sulfonamides is 1. The molecule has 10 nitrogen and oxygen atoms in total. The molecular formula is C34H35ClFN3O7S. The average Bonchev–Trinajstić information content (AvgIpc) is 3.09. The smallest absolute Gasteiger partial charge is 0.265 e. The number of amides is 2. The lowest BCUT2D eigenvalue weighted by molar-refractivity contribution is -0.139. The molecule has 248 valence electrons. The highest BCUT2D eigenvalue weighted by atomic mass is 35.5. The number of likely N-dealkylation sites (N-methyl/N-ethyl adjacent to an activating group) is 1. The molecule has 0 saturated carbocycles. The molecule has 0 heterocycles. The van der Waals surface area contributed by atoms with Crippen LogP contribution >= 0.6 is 11.6 Å². The van der Waals surface area contributed by atoms with Gasteiger partial charge in [0.1, 0.15) is 24.2 Å². The molecule has 4 aromatic rings. The predicted octanol–water partition coefficient (Wildman–Crippen LogP) is 5.09. The Morgan fingerprint density at radius 1 is 0.830 bits per heavy atom. The van der Waals surface area contributed by atoms with Gasteiger partial charge in [-0.2, -0.15) is 0 Å². The van der Waals surface area contributed by atoms with E-state index in [2.05, 4.69) is 5.32 Å². The first kappa shape index (κ1) is 35.1. The fraction of sp³-hybridized carbons (Fsp3) is 0.235. The first-order valence-electron chi connectivity index (χ1n) is 14.4. The van der Waals surface area contributed by atoms with Gasteiger partial charge in [-0.25, -0.2) is 12.8 Å². The molecule has 0 fully saturated rings. The van der Waals surface area contributed by atoms with Gasteiger partial charge < -0.3 is 24.4 Å². The molecule has 1 atom stereocenters. The Hall–Kier alpha value is -4.81. The molecule has 0 aliphatic heterocycles. The van der Waals surface area contributed by atoms with Crippen LogP contribution < -0.4 is 23.8 Å². The lowest BCUT2D eigenvalue weighted by Crippen LogP contribution is -2.53. The van der Waals surface area contributed by atoms with Crippen molar-refractivity contribution in [1.29, 1.82) is 0 Å². The lowest BCUT2D eigenvalue weighted by atomic mass is 10.0. The number of hydrogen-bond acceptors (Lipinski definition) is 7. The van der Waals surface area contributed by atoms with E-state index in [-0.39, 0.29) is 40.1 Å². The van der Waals surface area contributed by atoms with Gasteiger partial charge in [0.25, 0.3) is 10.0 Å². The molecule has 0 radical (unpaired) electrons.